The second-order valence-corrected chi connectivity index (χ2v) is 8.12. The van der Waals surface area contributed by atoms with Gasteiger partial charge in [-0.2, -0.15) is 0 Å². The largest absolute Gasteiger partial charge is 0.352 e. The molecule has 1 amide bonds. The Bertz CT molecular complexity index is 398. The van der Waals surface area contributed by atoms with Gasteiger partial charge in [0, 0.05) is 12.6 Å². The second-order valence-electron chi connectivity index (χ2n) is 8.12. The zero-order chi connectivity index (χ0) is 13.9. The van der Waals surface area contributed by atoms with E-state index in [1.54, 1.807) is 0 Å². The molecular formula is C16H28N2O. The Hall–Kier alpha value is -0.570. The molecular weight excluding hydrogens is 236 g/mol. The summed E-state index contributed by atoms with van der Waals surface area (Å²) >= 11 is 0. The van der Waals surface area contributed by atoms with Crippen LogP contribution in [-0.2, 0) is 4.79 Å². The number of rotatable bonds is 2. The first kappa shape index (κ1) is 13.4. The Morgan fingerprint density at radius 3 is 2.42 bits per heavy atom. The van der Waals surface area contributed by atoms with Crippen LogP contribution in [0.25, 0.3) is 0 Å². The van der Waals surface area contributed by atoms with E-state index in [4.69, 9.17) is 0 Å². The smallest absolute Gasteiger partial charge is 0.227 e. The zero-order valence-electron chi connectivity index (χ0n) is 12.8. The molecule has 2 N–H and O–H groups in total. The van der Waals surface area contributed by atoms with Crippen molar-refractivity contribution in [1.29, 1.82) is 0 Å². The van der Waals surface area contributed by atoms with Crippen LogP contribution in [-0.4, -0.2) is 25.0 Å². The van der Waals surface area contributed by atoms with Crippen molar-refractivity contribution >= 4 is 5.91 Å². The molecule has 3 heteroatoms. The van der Waals surface area contributed by atoms with Gasteiger partial charge in [-0.05, 0) is 55.9 Å². The predicted octanol–water partition coefficient (Wildman–Crippen LogP) is 2.32. The topological polar surface area (TPSA) is 41.1 Å². The Kier molecular flexibility index (Phi) is 2.80. The minimum Gasteiger partial charge on any atom is -0.352 e. The van der Waals surface area contributed by atoms with Crippen molar-refractivity contribution in [3.63, 3.8) is 0 Å². The van der Waals surface area contributed by atoms with Crippen molar-refractivity contribution in [3.05, 3.63) is 0 Å². The molecule has 2 bridgehead atoms. The molecule has 4 unspecified atom stereocenters. The lowest BCUT2D eigenvalue weighted by Gasteiger charge is -2.40. The number of nitrogens with one attached hydrogen (secondary N) is 2. The first-order valence-electron chi connectivity index (χ1n) is 7.81. The molecule has 1 heterocycles. The minimum absolute atomic E-state index is 0.192. The van der Waals surface area contributed by atoms with Crippen LogP contribution in [0.2, 0.25) is 0 Å². The van der Waals surface area contributed by atoms with E-state index in [1.807, 2.05) is 0 Å². The van der Waals surface area contributed by atoms with Crippen LogP contribution in [0.5, 0.6) is 0 Å². The number of hydrogen-bond donors (Lipinski definition) is 2. The van der Waals surface area contributed by atoms with Crippen LogP contribution in [0.15, 0.2) is 0 Å². The summed E-state index contributed by atoms with van der Waals surface area (Å²) in [5.74, 6) is 1.06. The fraction of sp³-hybridized carbons (Fsp3) is 0.938. The van der Waals surface area contributed by atoms with Gasteiger partial charge in [0.05, 0.1) is 5.41 Å². The maximum Gasteiger partial charge on any atom is 0.227 e. The van der Waals surface area contributed by atoms with Crippen LogP contribution in [0, 0.1) is 22.2 Å². The Morgan fingerprint density at radius 1 is 1.21 bits per heavy atom. The summed E-state index contributed by atoms with van der Waals surface area (Å²) < 4.78 is 0. The molecule has 3 aliphatic rings. The maximum absolute atomic E-state index is 12.6. The highest BCUT2D eigenvalue weighted by Crippen LogP contribution is 2.65. The molecule has 1 saturated heterocycles. The molecule has 2 aliphatic carbocycles. The SMILES string of the molecule is CC1(C(=O)NC2CC3CCC2(C)C3(C)C)CCNC1. The molecule has 1 aliphatic heterocycles. The lowest BCUT2D eigenvalue weighted by molar-refractivity contribution is -0.131. The molecule has 3 rings (SSSR count). The second kappa shape index (κ2) is 3.97. The van der Waals surface area contributed by atoms with Gasteiger partial charge in [-0.3, -0.25) is 4.79 Å². The monoisotopic (exact) mass is 264 g/mol. The molecule has 108 valence electrons. The third-order valence-electron chi connectivity index (χ3n) is 7.02. The van der Waals surface area contributed by atoms with E-state index >= 15 is 0 Å². The van der Waals surface area contributed by atoms with Crippen LogP contribution in [0.1, 0.15) is 53.4 Å². The summed E-state index contributed by atoms with van der Waals surface area (Å²) in [6.45, 7) is 11.1. The van der Waals surface area contributed by atoms with E-state index in [9.17, 15) is 4.79 Å². The summed E-state index contributed by atoms with van der Waals surface area (Å²) in [6.07, 6.45) is 4.76. The zero-order valence-corrected chi connectivity index (χ0v) is 12.8. The van der Waals surface area contributed by atoms with Gasteiger partial charge < -0.3 is 10.6 Å². The summed E-state index contributed by atoms with van der Waals surface area (Å²) in [5.41, 5.74) is 0.470. The van der Waals surface area contributed by atoms with Gasteiger partial charge in [-0.15, -0.1) is 0 Å². The fourth-order valence-electron chi connectivity index (χ4n) is 4.77. The molecule has 4 atom stereocenters. The lowest BCUT2D eigenvalue weighted by Crippen LogP contribution is -2.51. The fourth-order valence-corrected chi connectivity index (χ4v) is 4.77. The van der Waals surface area contributed by atoms with E-state index in [-0.39, 0.29) is 16.7 Å². The van der Waals surface area contributed by atoms with Crippen molar-refractivity contribution in [2.75, 3.05) is 13.1 Å². The third-order valence-corrected chi connectivity index (χ3v) is 7.02. The predicted molar refractivity (Wildman–Crippen MR) is 76.8 cm³/mol. The van der Waals surface area contributed by atoms with E-state index in [2.05, 4.69) is 38.3 Å². The quantitative estimate of drug-likeness (QED) is 0.803. The van der Waals surface area contributed by atoms with E-state index < -0.39 is 0 Å². The first-order chi connectivity index (χ1) is 8.80. The summed E-state index contributed by atoms with van der Waals surface area (Å²) in [4.78, 5) is 12.6. The first-order valence-corrected chi connectivity index (χ1v) is 7.81. The summed E-state index contributed by atoms with van der Waals surface area (Å²) in [6, 6.07) is 0.381. The van der Waals surface area contributed by atoms with Gasteiger partial charge in [0.2, 0.25) is 5.91 Å². The molecule has 3 nitrogen and oxygen atoms in total. The number of amides is 1. The van der Waals surface area contributed by atoms with Crippen molar-refractivity contribution in [2.24, 2.45) is 22.2 Å². The van der Waals surface area contributed by atoms with Gasteiger partial charge in [-0.25, -0.2) is 0 Å². The van der Waals surface area contributed by atoms with Crippen molar-refractivity contribution in [3.8, 4) is 0 Å². The van der Waals surface area contributed by atoms with Gasteiger partial charge in [-0.1, -0.05) is 20.8 Å². The summed E-state index contributed by atoms with van der Waals surface area (Å²) in [7, 11) is 0. The van der Waals surface area contributed by atoms with Gasteiger partial charge in [0.25, 0.3) is 0 Å². The summed E-state index contributed by atoms with van der Waals surface area (Å²) in [5, 5.41) is 6.73. The number of hydrogen-bond acceptors (Lipinski definition) is 2. The average molecular weight is 264 g/mol. The molecule has 0 radical (unpaired) electrons. The molecule has 2 saturated carbocycles. The lowest BCUT2D eigenvalue weighted by atomic mass is 9.69. The number of carbonyl (C=O) groups is 1. The number of carbonyl (C=O) groups excluding carboxylic acids is 1. The highest BCUT2D eigenvalue weighted by molar-refractivity contribution is 5.83. The molecule has 0 aromatic heterocycles. The van der Waals surface area contributed by atoms with Gasteiger partial charge in [0.15, 0.2) is 0 Å². The maximum atomic E-state index is 12.6. The van der Waals surface area contributed by atoms with Gasteiger partial charge in [0.1, 0.15) is 0 Å². The highest BCUT2D eigenvalue weighted by Gasteiger charge is 2.61. The van der Waals surface area contributed by atoms with E-state index in [1.165, 1.54) is 19.3 Å². The molecule has 19 heavy (non-hydrogen) atoms. The van der Waals surface area contributed by atoms with Crippen LogP contribution < -0.4 is 10.6 Å². The Morgan fingerprint density at radius 2 is 1.95 bits per heavy atom. The van der Waals surface area contributed by atoms with E-state index in [0.29, 0.717) is 11.5 Å². The highest BCUT2D eigenvalue weighted by atomic mass is 16.2. The normalized spacial score (nSPS) is 47.6. The Balaban J connectivity index is 1.74. The van der Waals surface area contributed by atoms with Crippen molar-refractivity contribution in [2.45, 2.75) is 59.4 Å². The van der Waals surface area contributed by atoms with Crippen molar-refractivity contribution in [1.82, 2.24) is 10.6 Å². The van der Waals surface area contributed by atoms with Crippen LogP contribution >= 0.6 is 0 Å². The average Bonchev–Trinajstić information content (AvgIpc) is 2.92. The molecule has 0 aromatic rings. The van der Waals surface area contributed by atoms with Crippen molar-refractivity contribution < 1.29 is 4.79 Å². The van der Waals surface area contributed by atoms with Crippen LogP contribution in [0.3, 0.4) is 0 Å². The molecule has 0 spiro atoms. The molecule has 3 fully saturated rings. The third kappa shape index (κ3) is 1.70. The minimum atomic E-state index is -0.192. The standard InChI is InChI=1S/C16H28N2O/c1-14(2)11-5-6-16(14,4)12(9-11)18-13(19)15(3)7-8-17-10-15/h11-12,17H,5-10H2,1-4H3,(H,18,19). The van der Waals surface area contributed by atoms with Crippen LogP contribution in [0.4, 0.5) is 0 Å². The molecule has 0 aromatic carbocycles. The number of fused-ring (bicyclic) bond motifs is 2. The van der Waals surface area contributed by atoms with E-state index in [0.717, 1.165) is 25.4 Å². The Labute approximate surface area is 116 Å². The van der Waals surface area contributed by atoms with Gasteiger partial charge >= 0.3 is 0 Å².